The molecule has 1 fully saturated rings. The number of ether oxygens (including phenoxy) is 1. The number of benzene rings is 1. The quantitative estimate of drug-likeness (QED) is 0.873. The first kappa shape index (κ1) is 19.1. The van der Waals surface area contributed by atoms with Gasteiger partial charge in [0.1, 0.15) is 12.4 Å². The van der Waals surface area contributed by atoms with Gasteiger partial charge in [0.25, 0.3) is 5.91 Å². The van der Waals surface area contributed by atoms with Crippen molar-refractivity contribution in [3.63, 3.8) is 0 Å². The topological polar surface area (TPSA) is 71.8 Å². The minimum absolute atomic E-state index is 0.167. The van der Waals surface area contributed by atoms with Gasteiger partial charge in [0.15, 0.2) is 0 Å². The number of nitrogens with zero attached hydrogens (tertiary/aromatic N) is 2. The van der Waals surface area contributed by atoms with E-state index in [1.807, 2.05) is 6.92 Å². The second-order valence-electron chi connectivity index (χ2n) is 6.77. The Labute approximate surface area is 157 Å². The highest BCUT2D eigenvalue weighted by molar-refractivity contribution is 5.97. The Morgan fingerprint density at radius 3 is 2.59 bits per heavy atom. The molecule has 0 atom stereocenters. The SMILES string of the molecule is Cc1cc(C(=O)N(CC(=O)O)C2CCOCC2)c(C)n1-c1cccc(F)c1. The first-order chi connectivity index (χ1) is 12.9. The van der Waals surface area contributed by atoms with Crippen LogP contribution in [0.15, 0.2) is 30.3 Å². The van der Waals surface area contributed by atoms with Crippen LogP contribution < -0.4 is 0 Å². The highest BCUT2D eigenvalue weighted by Crippen LogP contribution is 2.25. The highest BCUT2D eigenvalue weighted by atomic mass is 19.1. The molecule has 0 saturated carbocycles. The largest absolute Gasteiger partial charge is 0.480 e. The summed E-state index contributed by atoms with van der Waals surface area (Å²) in [6, 6.07) is 7.72. The van der Waals surface area contributed by atoms with Gasteiger partial charge in [-0.1, -0.05) is 6.07 Å². The minimum atomic E-state index is -1.05. The van der Waals surface area contributed by atoms with Gasteiger partial charge in [0.05, 0.1) is 5.56 Å². The third kappa shape index (κ3) is 4.03. The number of aromatic nitrogens is 1. The molecule has 0 bridgehead atoms. The van der Waals surface area contributed by atoms with E-state index in [0.29, 0.717) is 43.0 Å². The molecule has 1 N–H and O–H groups in total. The van der Waals surface area contributed by atoms with E-state index in [1.54, 1.807) is 29.7 Å². The van der Waals surface area contributed by atoms with Crippen LogP contribution in [0.1, 0.15) is 34.6 Å². The zero-order valence-corrected chi connectivity index (χ0v) is 15.4. The molecule has 1 aliphatic rings. The summed E-state index contributed by atoms with van der Waals surface area (Å²) in [7, 11) is 0. The number of carboxylic acids is 1. The molecule has 1 amide bonds. The second kappa shape index (κ2) is 7.92. The van der Waals surface area contributed by atoms with Gasteiger partial charge in [-0.05, 0) is 51.0 Å². The van der Waals surface area contributed by atoms with Crippen LogP contribution in [0, 0.1) is 19.7 Å². The van der Waals surface area contributed by atoms with E-state index in [0.717, 1.165) is 5.69 Å². The van der Waals surface area contributed by atoms with Gasteiger partial charge in [0, 0.05) is 36.3 Å². The first-order valence-corrected chi connectivity index (χ1v) is 8.94. The van der Waals surface area contributed by atoms with Crippen LogP contribution in [-0.2, 0) is 9.53 Å². The van der Waals surface area contributed by atoms with Crippen molar-refractivity contribution in [2.45, 2.75) is 32.7 Å². The second-order valence-corrected chi connectivity index (χ2v) is 6.77. The van der Waals surface area contributed by atoms with Crippen LogP contribution in [0.25, 0.3) is 5.69 Å². The molecule has 0 unspecified atom stereocenters. The molecule has 0 radical (unpaired) electrons. The summed E-state index contributed by atoms with van der Waals surface area (Å²) >= 11 is 0. The van der Waals surface area contributed by atoms with E-state index in [1.165, 1.54) is 17.0 Å². The number of aliphatic carboxylic acids is 1. The fraction of sp³-hybridized carbons (Fsp3) is 0.400. The fourth-order valence-electron chi connectivity index (χ4n) is 3.66. The zero-order valence-electron chi connectivity index (χ0n) is 15.4. The lowest BCUT2D eigenvalue weighted by Crippen LogP contribution is -2.46. The summed E-state index contributed by atoms with van der Waals surface area (Å²) in [5, 5.41) is 9.28. The molecular weight excluding hydrogens is 351 g/mol. The van der Waals surface area contributed by atoms with Crippen LogP contribution in [-0.4, -0.2) is 52.3 Å². The maximum atomic E-state index is 13.6. The Bertz CT molecular complexity index is 856. The third-order valence-corrected chi connectivity index (χ3v) is 4.93. The van der Waals surface area contributed by atoms with E-state index in [-0.39, 0.29) is 24.3 Å². The molecule has 7 heteroatoms. The number of carbonyl (C=O) groups is 2. The monoisotopic (exact) mass is 374 g/mol. The van der Waals surface area contributed by atoms with Gasteiger partial charge < -0.3 is 19.3 Å². The zero-order chi connectivity index (χ0) is 19.6. The summed E-state index contributed by atoms with van der Waals surface area (Å²) in [6.45, 7) is 4.29. The van der Waals surface area contributed by atoms with Gasteiger partial charge in [-0.2, -0.15) is 0 Å². The van der Waals surface area contributed by atoms with Crippen LogP contribution in [0.5, 0.6) is 0 Å². The smallest absolute Gasteiger partial charge is 0.323 e. The molecule has 0 aliphatic carbocycles. The highest BCUT2D eigenvalue weighted by Gasteiger charge is 2.30. The molecule has 144 valence electrons. The molecule has 1 aliphatic heterocycles. The van der Waals surface area contributed by atoms with Crippen molar-refractivity contribution in [2.75, 3.05) is 19.8 Å². The van der Waals surface area contributed by atoms with Crippen molar-refractivity contribution in [1.29, 1.82) is 0 Å². The number of aryl methyl sites for hydroxylation is 1. The maximum Gasteiger partial charge on any atom is 0.323 e. The molecule has 1 aromatic heterocycles. The summed E-state index contributed by atoms with van der Waals surface area (Å²) in [6.07, 6.45) is 1.23. The summed E-state index contributed by atoms with van der Waals surface area (Å²) in [5.41, 5.74) is 2.50. The van der Waals surface area contributed by atoms with Crippen molar-refractivity contribution in [3.8, 4) is 5.69 Å². The average molecular weight is 374 g/mol. The Balaban J connectivity index is 1.97. The van der Waals surface area contributed by atoms with Gasteiger partial charge in [-0.15, -0.1) is 0 Å². The lowest BCUT2D eigenvalue weighted by Gasteiger charge is -2.33. The Hall–Kier alpha value is -2.67. The normalized spacial score (nSPS) is 14.9. The van der Waals surface area contributed by atoms with Crippen molar-refractivity contribution < 1.29 is 23.8 Å². The first-order valence-electron chi connectivity index (χ1n) is 8.94. The van der Waals surface area contributed by atoms with Gasteiger partial charge in [0.2, 0.25) is 0 Å². The van der Waals surface area contributed by atoms with Gasteiger partial charge in [-0.25, -0.2) is 4.39 Å². The number of halogens is 1. The number of hydrogen-bond acceptors (Lipinski definition) is 3. The van der Waals surface area contributed by atoms with Gasteiger partial charge in [-0.3, -0.25) is 9.59 Å². The van der Waals surface area contributed by atoms with Crippen LogP contribution in [0.3, 0.4) is 0 Å². The van der Waals surface area contributed by atoms with Crippen molar-refractivity contribution >= 4 is 11.9 Å². The van der Waals surface area contributed by atoms with Crippen LogP contribution in [0.4, 0.5) is 4.39 Å². The molecule has 6 nitrogen and oxygen atoms in total. The summed E-state index contributed by atoms with van der Waals surface area (Å²) in [5.74, 6) is -1.73. The summed E-state index contributed by atoms with van der Waals surface area (Å²) in [4.78, 5) is 25.9. The van der Waals surface area contributed by atoms with E-state index < -0.39 is 5.97 Å². The van der Waals surface area contributed by atoms with Crippen LogP contribution in [0.2, 0.25) is 0 Å². The molecule has 27 heavy (non-hydrogen) atoms. The average Bonchev–Trinajstić information content (AvgIpc) is 2.94. The maximum absolute atomic E-state index is 13.6. The van der Waals surface area contributed by atoms with Crippen molar-refractivity contribution in [3.05, 3.63) is 53.1 Å². The number of rotatable bonds is 5. The van der Waals surface area contributed by atoms with E-state index in [2.05, 4.69) is 0 Å². The van der Waals surface area contributed by atoms with E-state index in [9.17, 15) is 19.1 Å². The number of carbonyl (C=O) groups excluding carboxylic acids is 1. The number of amides is 1. The minimum Gasteiger partial charge on any atom is -0.480 e. The predicted molar refractivity (Wildman–Crippen MR) is 97.7 cm³/mol. The van der Waals surface area contributed by atoms with Crippen molar-refractivity contribution in [1.82, 2.24) is 9.47 Å². The Morgan fingerprint density at radius 2 is 1.96 bits per heavy atom. The Morgan fingerprint density at radius 1 is 1.26 bits per heavy atom. The van der Waals surface area contributed by atoms with Crippen LogP contribution >= 0.6 is 0 Å². The molecule has 0 spiro atoms. The van der Waals surface area contributed by atoms with Crippen molar-refractivity contribution in [2.24, 2.45) is 0 Å². The molecular formula is C20H23FN2O4. The van der Waals surface area contributed by atoms with E-state index >= 15 is 0 Å². The third-order valence-electron chi connectivity index (χ3n) is 4.93. The molecule has 2 aromatic rings. The molecule has 1 aromatic carbocycles. The number of hydrogen-bond donors (Lipinski definition) is 1. The standard InChI is InChI=1S/C20H23FN2O4/c1-13-10-18(14(2)23(13)17-5-3-4-15(21)11-17)20(26)22(12-19(24)25)16-6-8-27-9-7-16/h3-5,10-11,16H,6-9,12H2,1-2H3,(H,24,25). The lowest BCUT2D eigenvalue weighted by molar-refractivity contribution is -0.138. The lowest BCUT2D eigenvalue weighted by atomic mass is 10.1. The fourth-order valence-corrected chi connectivity index (χ4v) is 3.66. The summed E-state index contributed by atoms with van der Waals surface area (Å²) < 4.78 is 20.8. The number of carboxylic acid groups (broad SMARTS) is 1. The predicted octanol–water partition coefficient (Wildman–Crippen LogP) is 2.94. The molecule has 3 rings (SSSR count). The molecule has 2 heterocycles. The van der Waals surface area contributed by atoms with Gasteiger partial charge >= 0.3 is 5.97 Å². The molecule has 1 saturated heterocycles. The Kier molecular flexibility index (Phi) is 5.60. The van der Waals surface area contributed by atoms with E-state index in [4.69, 9.17) is 4.74 Å².